The first-order chi connectivity index (χ1) is 16.5. The highest BCUT2D eigenvalue weighted by Gasteiger charge is 2.79. The molecule has 184 valence electrons. The van der Waals surface area contributed by atoms with Gasteiger partial charge in [-0.25, -0.2) is 0 Å². The van der Waals surface area contributed by atoms with Crippen LogP contribution in [0.1, 0.15) is 66.4 Å². The summed E-state index contributed by atoms with van der Waals surface area (Å²) in [7, 11) is 0. The maximum Gasteiger partial charge on any atom is 0.239 e. The summed E-state index contributed by atoms with van der Waals surface area (Å²) in [5.74, 6) is 1.13. The molecule has 5 aliphatic rings. The highest BCUT2D eigenvalue weighted by atomic mass is 16.2. The maximum absolute atomic E-state index is 14.9. The molecule has 9 atom stereocenters. The summed E-state index contributed by atoms with van der Waals surface area (Å²) >= 11 is 0. The topological polar surface area (TPSA) is 46.2 Å². The van der Waals surface area contributed by atoms with E-state index < -0.39 is 10.8 Å². The lowest BCUT2D eigenvalue weighted by Gasteiger charge is -2.52. The van der Waals surface area contributed by atoms with Crippen molar-refractivity contribution in [1.29, 1.82) is 0 Å². The Hall–Kier alpha value is -2.42. The second-order valence-electron chi connectivity index (χ2n) is 13.0. The third kappa shape index (κ3) is 2.73. The first-order valence-corrected chi connectivity index (χ1v) is 13.6. The molecule has 6 rings (SSSR count). The minimum absolute atomic E-state index is 0.0384. The number of hydrogen-bond donors (Lipinski definition) is 1. The van der Waals surface area contributed by atoms with Crippen LogP contribution in [0.4, 0.5) is 0 Å². The van der Waals surface area contributed by atoms with Crippen molar-refractivity contribution in [2.24, 2.45) is 51.8 Å². The lowest BCUT2D eigenvalue weighted by Crippen LogP contribution is -2.54. The SMILES string of the molecule is CC1=C[C@]2(C)C[C@H](C)CC[C@H]2[C@@H]2C(=O)[C@]34C(=O)N/C(=C/c5ccccc5)[C@H]3[C@@H](C)C(C)=C[C@@]4(C)[C@H]12. The van der Waals surface area contributed by atoms with E-state index in [1.165, 1.54) is 17.6 Å². The van der Waals surface area contributed by atoms with Crippen molar-refractivity contribution in [1.82, 2.24) is 5.32 Å². The zero-order chi connectivity index (χ0) is 24.9. The Bertz CT molecular complexity index is 1210. The Morgan fingerprint density at radius 2 is 1.66 bits per heavy atom. The van der Waals surface area contributed by atoms with E-state index in [1.807, 2.05) is 18.2 Å². The van der Waals surface area contributed by atoms with Gasteiger partial charge in [0, 0.05) is 22.9 Å². The summed E-state index contributed by atoms with van der Waals surface area (Å²) < 4.78 is 0. The van der Waals surface area contributed by atoms with Gasteiger partial charge in [0.1, 0.15) is 5.41 Å². The molecule has 1 spiro atoms. The van der Waals surface area contributed by atoms with Crippen molar-refractivity contribution >= 4 is 17.8 Å². The number of hydrogen-bond acceptors (Lipinski definition) is 2. The molecule has 3 fully saturated rings. The van der Waals surface area contributed by atoms with Gasteiger partial charge < -0.3 is 5.32 Å². The Kier molecular flexibility index (Phi) is 4.80. The van der Waals surface area contributed by atoms with Crippen molar-refractivity contribution < 1.29 is 9.59 Å². The first-order valence-electron chi connectivity index (χ1n) is 13.6. The van der Waals surface area contributed by atoms with Crippen LogP contribution < -0.4 is 5.32 Å². The quantitative estimate of drug-likeness (QED) is 0.373. The van der Waals surface area contributed by atoms with Crippen LogP contribution in [0, 0.1) is 51.8 Å². The Morgan fingerprint density at radius 3 is 2.37 bits per heavy atom. The van der Waals surface area contributed by atoms with Crippen molar-refractivity contribution in [2.75, 3.05) is 0 Å². The summed E-state index contributed by atoms with van der Waals surface area (Å²) in [5, 5.41) is 3.27. The molecule has 3 nitrogen and oxygen atoms in total. The maximum atomic E-state index is 14.9. The Balaban J connectivity index is 1.57. The fraction of sp³-hybridized carbons (Fsp3) is 0.562. The van der Waals surface area contributed by atoms with Gasteiger partial charge in [-0.3, -0.25) is 9.59 Å². The highest BCUT2D eigenvalue weighted by molar-refractivity contribution is 6.14. The fourth-order valence-electron chi connectivity index (χ4n) is 9.73. The van der Waals surface area contributed by atoms with Crippen LogP contribution in [0.15, 0.2) is 59.3 Å². The minimum Gasteiger partial charge on any atom is -0.328 e. The number of rotatable bonds is 1. The van der Waals surface area contributed by atoms with E-state index in [0.29, 0.717) is 11.8 Å². The summed E-state index contributed by atoms with van der Waals surface area (Å²) in [6.07, 6.45) is 10.3. The van der Waals surface area contributed by atoms with Crippen LogP contribution >= 0.6 is 0 Å². The molecule has 0 aromatic heterocycles. The van der Waals surface area contributed by atoms with E-state index in [9.17, 15) is 9.59 Å². The van der Waals surface area contributed by atoms with Crippen LogP contribution in [0.25, 0.3) is 6.08 Å². The van der Waals surface area contributed by atoms with E-state index >= 15 is 0 Å². The van der Waals surface area contributed by atoms with E-state index in [0.717, 1.165) is 24.1 Å². The molecule has 1 aromatic carbocycles. The minimum atomic E-state index is -1.04. The molecule has 2 saturated carbocycles. The van der Waals surface area contributed by atoms with E-state index in [-0.39, 0.29) is 40.8 Å². The molecular formula is C32H39NO2. The predicted molar refractivity (Wildman–Crippen MR) is 140 cm³/mol. The van der Waals surface area contributed by atoms with Crippen molar-refractivity contribution in [3.05, 3.63) is 64.9 Å². The van der Waals surface area contributed by atoms with Crippen LogP contribution in [-0.2, 0) is 9.59 Å². The summed E-state index contributed by atoms with van der Waals surface area (Å²) in [6, 6.07) is 10.2. The molecule has 0 bridgehead atoms. The molecule has 35 heavy (non-hydrogen) atoms. The van der Waals surface area contributed by atoms with Crippen LogP contribution in [0.5, 0.6) is 0 Å². The predicted octanol–water partition coefficient (Wildman–Crippen LogP) is 6.58. The third-order valence-electron chi connectivity index (χ3n) is 10.9. The molecule has 1 aliphatic heterocycles. The fourth-order valence-corrected chi connectivity index (χ4v) is 9.73. The number of carbonyl (C=O) groups is 2. The number of amides is 1. The molecule has 1 heterocycles. The van der Waals surface area contributed by atoms with E-state index in [2.05, 4.69) is 77.2 Å². The van der Waals surface area contributed by atoms with Gasteiger partial charge in [0.05, 0.1) is 0 Å². The first kappa shape index (κ1) is 23.0. The Morgan fingerprint density at radius 1 is 0.943 bits per heavy atom. The highest BCUT2D eigenvalue weighted by Crippen LogP contribution is 2.73. The summed E-state index contributed by atoms with van der Waals surface area (Å²) in [4.78, 5) is 29.1. The zero-order valence-electron chi connectivity index (χ0n) is 22.0. The van der Waals surface area contributed by atoms with Gasteiger partial charge in [-0.1, -0.05) is 87.7 Å². The average Bonchev–Trinajstić information content (AvgIpc) is 3.19. The molecule has 0 radical (unpaired) electrons. The molecule has 3 heteroatoms. The van der Waals surface area contributed by atoms with Crippen LogP contribution in [0.3, 0.4) is 0 Å². The zero-order valence-corrected chi connectivity index (χ0v) is 22.0. The largest absolute Gasteiger partial charge is 0.328 e. The number of nitrogens with one attached hydrogen (secondary N) is 1. The number of allylic oxidation sites excluding steroid dienone is 5. The molecule has 1 amide bonds. The lowest BCUT2D eigenvalue weighted by molar-refractivity contribution is -0.147. The van der Waals surface area contributed by atoms with Gasteiger partial charge in [-0.15, -0.1) is 0 Å². The summed E-state index contributed by atoms with van der Waals surface area (Å²) in [5.41, 5.74) is 3.09. The smallest absolute Gasteiger partial charge is 0.239 e. The normalized spacial score (nSPS) is 47.3. The monoisotopic (exact) mass is 469 g/mol. The van der Waals surface area contributed by atoms with Gasteiger partial charge in [0.25, 0.3) is 0 Å². The third-order valence-corrected chi connectivity index (χ3v) is 10.9. The average molecular weight is 470 g/mol. The summed E-state index contributed by atoms with van der Waals surface area (Å²) in [6.45, 7) is 13.6. The van der Waals surface area contributed by atoms with Crippen molar-refractivity contribution in [2.45, 2.75) is 60.8 Å². The van der Waals surface area contributed by atoms with Gasteiger partial charge in [-0.05, 0) is 67.4 Å². The number of carbonyl (C=O) groups excluding carboxylic acids is 2. The van der Waals surface area contributed by atoms with Gasteiger partial charge in [0.15, 0.2) is 5.78 Å². The van der Waals surface area contributed by atoms with Crippen molar-refractivity contribution in [3.63, 3.8) is 0 Å². The molecule has 0 unspecified atom stereocenters. The number of ketones is 1. The Labute approximate surface area is 210 Å². The lowest BCUT2D eigenvalue weighted by atomic mass is 9.49. The second kappa shape index (κ2) is 7.31. The van der Waals surface area contributed by atoms with Gasteiger partial charge in [-0.2, -0.15) is 0 Å². The van der Waals surface area contributed by atoms with Crippen LogP contribution in [0.2, 0.25) is 0 Å². The van der Waals surface area contributed by atoms with Crippen molar-refractivity contribution in [3.8, 4) is 0 Å². The van der Waals surface area contributed by atoms with Gasteiger partial charge >= 0.3 is 0 Å². The molecule has 1 N–H and O–H groups in total. The molecule has 1 saturated heterocycles. The molecule has 1 aromatic rings. The van der Waals surface area contributed by atoms with E-state index in [1.54, 1.807) is 0 Å². The number of Topliss-reactive ketones (excluding diaryl/α,β-unsaturated/α-hetero) is 1. The molecule has 4 aliphatic carbocycles. The van der Waals surface area contributed by atoms with E-state index in [4.69, 9.17) is 0 Å². The standard InChI is InChI=1S/C32H39NO2/c1-18-12-13-23-25-26(20(3)16-30(23,5)15-18)31(6)17-19(2)21(4)27-24(14-22-10-8-7-9-11-22)33-29(35)32(27,31)28(25)34/h7-11,14,16-18,21,23,25-27H,12-13,15H2,1-6H3,(H,33,35)/b24-14+/t18-,21+,23+,25+,26-,27-,30+,31+,32+/m1/s1. The second-order valence-corrected chi connectivity index (χ2v) is 13.0. The number of benzene rings is 1. The number of fused-ring (bicyclic) bond motifs is 4. The van der Waals surface area contributed by atoms with Crippen LogP contribution in [-0.4, -0.2) is 11.7 Å². The molecular weight excluding hydrogens is 430 g/mol. The van der Waals surface area contributed by atoms with Gasteiger partial charge in [0.2, 0.25) is 5.91 Å².